The summed E-state index contributed by atoms with van der Waals surface area (Å²) in [5.41, 5.74) is 1.43. The number of carbonyl (C=O) groups is 1. The SMILES string of the molecule is C#CCOC(NC(=O)c1ccccc1)c1ccccc1. The lowest BCUT2D eigenvalue weighted by Gasteiger charge is -2.18. The first-order valence-corrected chi connectivity index (χ1v) is 6.27. The summed E-state index contributed by atoms with van der Waals surface area (Å²) < 4.78 is 5.50. The molecule has 2 aromatic carbocycles. The molecule has 1 amide bonds. The molecule has 0 aliphatic heterocycles. The average molecular weight is 265 g/mol. The van der Waals surface area contributed by atoms with Crippen molar-refractivity contribution in [1.82, 2.24) is 5.32 Å². The number of nitrogens with one attached hydrogen (secondary N) is 1. The molecule has 0 spiro atoms. The molecule has 0 bridgehead atoms. The Labute approximate surface area is 118 Å². The maximum absolute atomic E-state index is 12.1. The molecule has 0 fully saturated rings. The Balaban J connectivity index is 2.12. The van der Waals surface area contributed by atoms with Crippen molar-refractivity contribution in [2.24, 2.45) is 0 Å². The van der Waals surface area contributed by atoms with Gasteiger partial charge in [0, 0.05) is 11.1 Å². The third-order valence-electron chi connectivity index (χ3n) is 2.73. The van der Waals surface area contributed by atoms with Crippen LogP contribution in [0.2, 0.25) is 0 Å². The van der Waals surface area contributed by atoms with Crippen molar-refractivity contribution in [3.63, 3.8) is 0 Å². The molecule has 2 rings (SSSR count). The van der Waals surface area contributed by atoms with Gasteiger partial charge >= 0.3 is 0 Å². The predicted molar refractivity (Wildman–Crippen MR) is 77.9 cm³/mol. The second-order valence-electron chi connectivity index (χ2n) is 4.15. The normalized spacial score (nSPS) is 11.3. The lowest BCUT2D eigenvalue weighted by Crippen LogP contribution is -2.30. The molecule has 1 N–H and O–H groups in total. The van der Waals surface area contributed by atoms with Gasteiger partial charge in [-0.05, 0) is 12.1 Å². The van der Waals surface area contributed by atoms with Crippen molar-refractivity contribution >= 4 is 5.91 Å². The molecule has 100 valence electrons. The molecule has 1 atom stereocenters. The molecule has 0 radical (unpaired) electrons. The van der Waals surface area contributed by atoms with Gasteiger partial charge in [-0.25, -0.2) is 0 Å². The van der Waals surface area contributed by atoms with Crippen LogP contribution in [0.1, 0.15) is 22.1 Å². The van der Waals surface area contributed by atoms with E-state index in [9.17, 15) is 4.79 Å². The highest BCUT2D eigenvalue weighted by Gasteiger charge is 2.15. The van der Waals surface area contributed by atoms with Gasteiger partial charge in [-0.2, -0.15) is 0 Å². The smallest absolute Gasteiger partial charge is 0.253 e. The molecule has 2 aromatic rings. The summed E-state index contributed by atoms with van der Waals surface area (Å²) in [5, 5.41) is 2.83. The number of amides is 1. The Hall–Kier alpha value is -2.57. The van der Waals surface area contributed by atoms with Crippen LogP contribution in [0, 0.1) is 12.3 Å². The predicted octanol–water partition coefficient (Wildman–Crippen LogP) is 2.77. The standard InChI is InChI=1S/C17H15NO2/c1-2-13-20-17(15-11-7-4-8-12-15)18-16(19)14-9-5-3-6-10-14/h1,3-12,17H,13H2,(H,18,19). The van der Waals surface area contributed by atoms with Crippen LogP contribution in [0.3, 0.4) is 0 Å². The van der Waals surface area contributed by atoms with Crippen LogP contribution in [0.15, 0.2) is 60.7 Å². The Morgan fingerprint density at radius 3 is 2.30 bits per heavy atom. The van der Waals surface area contributed by atoms with Gasteiger partial charge in [-0.3, -0.25) is 4.79 Å². The van der Waals surface area contributed by atoms with Gasteiger partial charge in [-0.15, -0.1) is 6.42 Å². The summed E-state index contributed by atoms with van der Waals surface area (Å²) in [6.07, 6.45) is 4.65. The van der Waals surface area contributed by atoms with Gasteiger partial charge < -0.3 is 10.1 Å². The Morgan fingerprint density at radius 1 is 1.10 bits per heavy atom. The van der Waals surface area contributed by atoms with Crippen LogP contribution in [0.25, 0.3) is 0 Å². The van der Waals surface area contributed by atoms with E-state index in [4.69, 9.17) is 11.2 Å². The Kier molecular flexibility index (Phi) is 4.94. The van der Waals surface area contributed by atoms with E-state index in [1.165, 1.54) is 0 Å². The van der Waals surface area contributed by atoms with Crippen molar-refractivity contribution in [2.75, 3.05) is 6.61 Å². The largest absolute Gasteiger partial charge is 0.342 e. The van der Waals surface area contributed by atoms with E-state index in [1.54, 1.807) is 12.1 Å². The maximum atomic E-state index is 12.1. The van der Waals surface area contributed by atoms with Gasteiger partial charge in [0.05, 0.1) is 0 Å². The molecule has 0 heterocycles. The van der Waals surface area contributed by atoms with Gasteiger partial charge in [0.15, 0.2) is 6.23 Å². The molecular formula is C17H15NO2. The van der Waals surface area contributed by atoms with E-state index >= 15 is 0 Å². The quantitative estimate of drug-likeness (QED) is 0.667. The molecule has 0 aliphatic carbocycles. The molecule has 0 saturated heterocycles. The molecule has 1 unspecified atom stereocenters. The van der Waals surface area contributed by atoms with Crippen molar-refractivity contribution in [3.05, 3.63) is 71.8 Å². The minimum absolute atomic E-state index is 0.134. The van der Waals surface area contributed by atoms with Crippen molar-refractivity contribution in [1.29, 1.82) is 0 Å². The van der Waals surface area contributed by atoms with E-state index < -0.39 is 6.23 Å². The fourth-order valence-corrected chi connectivity index (χ4v) is 1.77. The van der Waals surface area contributed by atoms with Gasteiger partial charge in [-0.1, -0.05) is 54.5 Å². The lowest BCUT2D eigenvalue weighted by molar-refractivity contribution is 0.0437. The molecule has 0 aromatic heterocycles. The number of benzene rings is 2. The highest BCUT2D eigenvalue weighted by molar-refractivity contribution is 5.94. The van der Waals surface area contributed by atoms with E-state index in [0.717, 1.165) is 5.56 Å². The van der Waals surface area contributed by atoms with Gasteiger partial charge in [0.2, 0.25) is 0 Å². The van der Waals surface area contributed by atoms with Crippen LogP contribution in [0.5, 0.6) is 0 Å². The van der Waals surface area contributed by atoms with E-state index in [0.29, 0.717) is 5.56 Å². The highest BCUT2D eigenvalue weighted by atomic mass is 16.5. The molecular weight excluding hydrogens is 250 g/mol. The van der Waals surface area contributed by atoms with Crippen molar-refractivity contribution in [3.8, 4) is 12.3 Å². The number of ether oxygens (including phenoxy) is 1. The third-order valence-corrected chi connectivity index (χ3v) is 2.73. The Morgan fingerprint density at radius 2 is 1.70 bits per heavy atom. The van der Waals surface area contributed by atoms with E-state index in [2.05, 4.69) is 11.2 Å². The zero-order valence-electron chi connectivity index (χ0n) is 11.0. The van der Waals surface area contributed by atoms with Crippen molar-refractivity contribution in [2.45, 2.75) is 6.23 Å². The minimum Gasteiger partial charge on any atom is -0.342 e. The van der Waals surface area contributed by atoms with Gasteiger partial charge in [0.25, 0.3) is 5.91 Å². The van der Waals surface area contributed by atoms with Crippen LogP contribution >= 0.6 is 0 Å². The van der Waals surface area contributed by atoms with E-state index in [-0.39, 0.29) is 12.5 Å². The van der Waals surface area contributed by atoms with Gasteiger partial charge in [0.1, 0.15) is 6.61 Å². The minimum atomic E-state index is -0.556. The number of hydrogen-bond acceptors (Lipinski definition) is 2. The summed E-state index contributed by atoms with van der Waals surface area (Å²) in [6.45, 7) is 0.134. The Bertz CT molecular complexity index is 587. The molecule has 20 heavy (non-hydrogen) atoms. The molecule has 0 saturated carbocycles. The first-order chi connectivity index (χ1) is 9.81. The number of rotatable bonds is 5. The first-order valence-electron chi connectivity index (χ1n) is 6.27. The summed E-state index contributed by atoms with van der Waals surface area (Å²) in [5.74, 6) is 2.21. The van der Waals surface area contributed by atoms with Crippen LogP contribution in [-0.4, -0.2) is 12.5 Å². The topological polar surface area (TPSA) is 38.3 Å². The van der Waals surface area contributed by atoms with Crippen LogP contribution < -0.4 is 5.32 Å². The molecule has 3 heteroatoms. The first kappa shape index (κ1) is 13.9. The summed E-state index contributed by atoms with van der Waals surface area (Å²) in [6, 6.07) is 18.4. The monoisotopic (exact) mass is 265 g/mol. The summed E-state index contributed by atoms with van der Waals surface area (Å²) in [7, 11) is 0. The zero-order valence-corrected chi connectivity index (χ0v) is 11.0. The fourth-order valence-electron chi connectivity index (χ4n) is 1.77. The second-order valence-corrected chi connectivity index (χ2v) is 4.15. The second kappa shape index (κ2) is 7.13. The maximum Gasteiger partial charge on any atom is 0.253 e. The number of hydrogen-bond donors (Lipinski definition) is 1. The summed E-state index contributed by atoms with van der Waals surface area (Å²) in [4.78, 5) is 12.1. The number of terminal acetylenes is 1. The average Bonchev–Trinajstić information content (AvgIpc) is 2.53. The highest BCUT2D eigenvalue weighted by Crippen LogP contribution is 2.14. The van der Waals surface area contributed by atoms with Crippen LogP contribution in [0.4, 0.5) is 0 Å². The summed E-state index contributed by atoms with van der Waals surface area (Å²) >= 11 is 0. The zero-order chi connectivity index (χ0) is 14.2. The fraction of sp³-hybridized carbons (Fsp3) is 0.118. The third kappa shape index (κ3) is 3.71. The molecule has 3 nitrogen and oxygen atoms in total. The molecule has 0 aliphatic rings. The number of carbonyl (C=O) groups excluding carboxylic acids is 1. The van der Waals surface area contributed by atoms with Crippen LogP contribution in [-0.2, 0) is 4.74 Å². The van der Waals surface area contributed by atoms with Crippen molar-refractivity contribution < 1.29 is 9.53 Å². The lowest BCUT2D eigenvalue weighted by atomic mass is 10.1. The van der Waals surface area contributed by atoms with E-state index in [1.807, 2.05) is 48.5 Å².